The highest BCUT2D eigenvalue weighted by Gasteiger charge is 2.31. The number of ether oxygens (including phenoxy) is 2. The lowest BCUT2D eigenvalue weighted by atomic mass is 10.0. The molecular weight excluding hydrogens is 362 g/mol. The maximum absolute atomic E-state index is 13.3. The Morgan fingerprint density at radius 1 is 1.08 bits per heavy atom. The molecule has 0 atom stereocenters. The number of hydrogen-bond acceptors (Lipinski definition) is 4. The first-order valence-corrected chi connectivity index (χ1v) is 9.74. The Morgan fingerprint density at radius 3 is 2.44 bits per heavy atom. The summed E-state index contributed by atoms with van der Waals surface area (Å²) in [6.07, 6.45) is 1.56. The van der Waals surface area contributed by atoms with Crippen molar-refractivity contribution >= 4 is 27.3 Å². The quantitative estimate of drug-likeness (QED) is 0.808. The predicted octanol–water partition coefficient (Wildman–Crippen LogP) is 3.81. The number of rotatable bonds is 4. The minimum absolute atomic E-state index is 0.216. The van der Waals surface area contributed by atoms with E-state index in [1.165, 1.54) is 24.6 Å². The van der Waals surface area contributed by atoms with Crippen molar-refractivity contribution in [3.63, 3.8) is 0 Å². The maximum Gasteiger partial charge on any atom is 0.264 e. The van der Waals surface area contributed by atoms with E-state index in [0.717, 1.165) is 18.4 Å². The molecule has 0 amide bonds. The Bertz CT molecular complexity index is 912. The van der Waals surface area contributed by atoms with Crippen molar-refractivity contribution < 1.29 is 17.9 Å². The van der Waals surface area contributed by atoms with Crippen LogP contribution in [0.2, 0.25) is 5.02 Å². The maximum atomic E-state index is 13.3. The van der Waals surface area contributed by atoms with Gasteiger partial charge in [-0.1, -0.05) is 11.6 Å². The zero-order valence-corrected chi connectivity index (χ0v) is 15.9. The van der Waals surface area contributed by atoms with E-state index in [2.05, 4.69) is 0 Å². The Morgan fingerprint density at radius 2 is 1.76 bits per heavy atom. The van der Waals surface area contributed by atoms with Crippen molar-refractivity contribution in [2.75, 3.05) is 25.1 Å². The summed E-state index contributed by atoms with van der Waals surface area (Å²) >= 11 is 6.06. The molecule has 0 N–H and O–H groups in total. The van der Waals surface area contributed by atoms with Gasteiger partial charge in [0.15, 0.2) is 11.5 Å². The topological polar surface area (TPSA) is 55.8 Å². The molecule has 2 aromatic rings. The van der Waals surface area contributed by atoms with E-state index in [9.17, 15) is 8.42 Å². The molecule has 0 saturated carbocycles. The van der Waals surface area contributed by atoms with E-state index in [0.29, 0.717) is 34.3 Å². The summed E-state index contributed by atoms with van der Waals surface area (Å²) < 4.78 is 38.6. The molecule has 1 aliphatic rings. The van der Waals surface area contributed by atoms with Crippen LogP contribution in [0.5, 0.6) is 11.5 Å². The fourth-order valence-electron chi connectivity index (χ4n) is 3.14. The predicted molar refractivity (Wildman–Crippen MR) is 98.6 cm³/mol. The summed E-state index contributed by atoms with van der Waals surface area (Å²) in [7, 11) is -0.710. The Labute approximate surface area is 153 Å². The second-order valence-corrected chi connectivity index (χ2v) is 8.19. The van der Waals surface area contributed by atoms with Crippen molar-refractivity contribution in [2.45, 2.75) is 24.7 Å². The molecule has 0 aliphatic carbocycles. The van der Waals surface area contributed by atoms with Crippen molar-refractivity contribution in [3.8, 4) is 11.5 Å². The normalized spacial score (nSPS) is 14.2. The summed E-state index contributed by atoms with van der Waals surface area (Å²) in [5.41, 5.74) is 2.24. The van der Waals surface area contributed by atoms with Gasteiger partial charge in [0.2, 0.25) is 0 Å². The van der Waals surface area contributed by atoms with Gasteiger partial charge in [0.25, 0.3) is 10.0 Å². The third-order valence-electron chi connectivity index (χ3n) is 4.37. The molecule has 1 aliphatic heterocycles. The third-order valence-corrected chi connectivity index (χ3v) is 6.56. The minimum Gasteiger partial charge on any atom is -0.493 e. The molecule has 5 nitrogen and oxygen atoms in total. The number of anilines is 1. The lowest BCUT2D eigenvalue weighted by Crippen LogP contribution is -2.35. The average molecular weight is 382 g/mol. The van der Waals surface area contributed by atoms with Gasteiger partial charge in [-0.05, 0) is 55.2 Å². The van der Waals surface area contributed by atoms with Crippen LogP contribution in [-0.2, 0) is 16.4 Å². The van der Waals surface area contributed by atoms with Gasteiger partial charge in [-0.3, -0.25) is 4.31 Å². The summed E-state index contributed by atoms with van der Waals surface area (Å²) in [6, 6.07) is 8.52. The van der Waals surface area contributed by atoms with Crippen LogP contribution >= 0.6 is 11.6 Å². The average Bonchev–Trinajstić information content (AvgIpc) is 2.60. The first kappa shape index (κ1) is 17.9. The molecule has 0 spiro atoms. The van der Waals surface area contributed by atoms with E-state index in [1.807, 2.05) is 6.07 Å². The number of fused-ring (bicyclic) bond motifs is 1. The molecule has 7 heteroatoms. The van der Waals surface area contributed by atoms with Crippen molar-refractivity contribution in [1.82, 2.24) is 0 Å². The molecule has 25 heavy (non-hydrogen) atoms. The van der Waals surface area contributed by atoms with Crippen molar-refractivity contribution in [1.29, 1.82) is 0 Å². The fourth-order valence-corrected chi connectivity index (χ4v) is 5.10. The van der Waals surface area contributed by atoms with Crippen LogP contribution < -0.4 is 13.8 Å². The molecule has 0 aromatic heterocycles. The smallest absolute Gasteiger partial charge is 0.264 e. The van der Waals surface area contributed by atoms with Crippen LogP contribution in [0, 0.1) is 6.92 Å². The van der Waals surface area contributed by atoms with Gasteiger partial charge in [0.1, 0.15) is 0 Å². The molecule has 3 rings (SSSR count). The van der Waals surface area contributed by atoms with Gasteiger partial charge in [0.05, 0.1) is 24.8 Å². The number of aryl methyl sites for hydroxylation is 2. The van der Waals surface area contributed by atoms with E-state index < -0.39 is 10.0 Å². The van der Waals surface area contributed by atoms with Crippen LogP contribution in [-0.4, -0.2) is 29.2 Å². The number of nitrogens with zero attached hydrogens (tertiary/aromatic N) is 1. The zero-order valence-electron chi connectivity index (χ0n) is 14.4. The minimum atomic E-state index is -3.72. The number of hydrogen-bond donors (Lipinski definition) is 0. The molecule has 0 radical (unpaired) electrons. The summed E-state index contributed by atoms with van der Waals surface area (Å²) in [6.45, 7) is 2.19. The largest absolute Gasteiger partial charge is 0.493 e. The molecule has 0 saturated heterocycles. The van der Waals surface area contributed by atoms with Gasteiger partial charge in [0, 0.05) is 17.6 Å². The van der Waals surface area contributed by atoms with Crippen molar-refractivity contribution in [2.24, 2.45) is 0 Å². The highest BCUT2D eigenvalue weighted by atomic mass is 35.5. The van der Waals surface area contributed by atoms with E-state index in [1.54, 1.807) is 25.1 Å². The van der Waals surface area contributed by atoms with E-state index in [4.69, 9.17) is 21.1 Å². The highest BCUT2D eigenvalue weighted by Crippen LogP contribution is 2.37. The van der Waals surface area contributed by atoms with Gasteiger partial charge in [-0.15, -0.1) is 0 Å². The first-order valence-electron chi connectivity index (χ1n) is 7.92. The van der Waals surface area contributed by atoms with Crippen LogP contribution in [0.15, 0.2) is 35.2 Å². The molecule has 1 heterocycles. The summed E-state index contributed by atoms with van der Waals surface area (Å²) in [4.78, 5) is 0.216. The lowest BCUT2D eigenvalue weighted by Gasteiger charge is -2.31. The van der Waals surface area contributed by atoms with Crippen LogP contribution in [0.3, 0.4) is 0 Å². The van der Waals surface area contributed by atoms with Gasteiger partial charge in [-0.2, -0.15) is 0 Å². The van der Waals surface area contributed by atoms with E-state index in [-0.39, 0.29) is 4.90 Å². The van der Waals surface area contributed by atoms with Crippen LogP contribution in [0.1, 0.15) is 17.5 Å². The second kappa shape index (κ2) is 6.77. The standard InChI is InChI=1S/C18H20ClNO4S/c1-12-9-16(23-2)17(24-3)11-18(12)25(21,22)20-8-4-5-13-10-14(19)6-7-15(13)20/h6-7,9-11H,4-5,8H2,1-3H3. The van der Waals surface area contributed by atoms with Crippen molar-refractivity contribution in [3.05, 3.63) is 46.5 Å². The Kier molecular flexibility index (Phi) is 4.84. The molecular formula is C18H20ClNO4S. The third kappa shape index (κ3) is 3.16. The molecule has 134 valence electrons. The van der Waals surface area contributed by atoms with Crippen LogP contribution in [0.25, 0.3) is 0 Å². The summed E-state index contributed by atoms with van der Waals surface area (Å²) in [5.74, 6) is 0.893. The molecule has 0 bridgehead atoms. The summed E-state index contributed by atoms with van der Waals surface area (Å²) in [5, 5.41) is 0.611. The van der Waals surface area contributed by atoms with E-state index >= 15 is 0 Å². The molecule has 2 aromatic carbocycles. The van der Waals surface area contributed by atoms with Crippen LogP contribution in [0.4, 0.5) is 5.69 Å². The number of halogens is 1. The highest BCUT2D eigenvalue weighted by molar-refractivity contribution is 7.92. The van der Waals surface area contributed by atoms with Gasteiger partial charge >= 0.3 is 0 Å². The zero-order chi connectivity index (χ0) is 18.2. The fraction of sp³-hybridized carbons (Fsp3) is 0.333. The number of sulfonamides is 1. The Balaban J connectivity index is 2.13. The number of benzene rings is 2. The monoisotopic (exact) mass is 381 g/mol. The lowest BCUT2D eigenvalue weighted by molar-refractivity contribution is 0.353. The molecule has 0 unspecified atom stereocenters. The van der Waals surface area contributed by atoms with Gasteiger partial charge in [-0.25, -0.2) is 8.42 Å². The SMILES string of the molecule is COc1cc(C)c(S(=O)(=O)N2CCCc3cc(Cl)ccc32)cc1OC. The number of methoxy groups -OCH3 is 2. The van der Waals surface area contributed by atoms with Gasteiger partial charge < -0.3 is 9.47 Å². The second-order valence-electron chi connectivity index (χ2n) is 5.93. The first-order chi connectivity index (χ1) is 11.9. The molecule has 0 fully saturated rings. The Hall–Kier alpha value is -1.92.